The fourth-order valence-electron chi connectivity index (χ4n) is 2.93. The molecule has 0 unspecified atom stereocenters. The van der Waals surface area contributed by atoms with Crippen LogP contribution in [0.5, 0.6) is 11.5 Å². The molecule has 1 N–H and O–H groups in total. The van der Waals surface area contributed by atoms with Gasteiger partial charge in [0.25, 0.3) is 5.69 Å². The van der Waals surface area contributed by atoms with Gasteiger partial charge in [0.15, 0.2) is 0 Å². The van der Waals surface area contributed by atoms with E-state index in [-0.39, 0.29) is 30.3 Å². The van der Waals surface area contributed by atoms with E-state index >= 15 is 0 Å². The zero-order valence-corrected chi connectivity index (χ0v) is 18.6. The third-order valence-electron chi connectivity index (χ3n) is 4.22. The minimum atomic E-state index is -3.93. The van der Waals surface area contributed by atoms with Gasteiger partial charge in [-0.3, -0.25) is 19.2 Å². The molecule has 0 spiro atoms. The molecule has 0 fully saturated rings. The minimum absolute atomic E-state index is 0.0852. The second-order valence-electron chi connectivity index (χ2n) is 6.90. The van der Waals surface area contributed by atoms with Crippen LogP contribution in [-0.4, -0.2) is 52.3 Å². The van der Waals surface area contributed by atoms with Crippen LogP contribution in [0.3, 0.4) is 0 Å². The van der Waals surface area contributed by atoms with Crippen molar-refractivity contribution in [1.82, 2.24) is 5.32 Å². The van der Waals surface area contributed by atoms with E-state index in [1.807, 2.05) is 32.0 Å². The Bertz CT molecular complexity index is 1050. The summed E-state index contributed by atoms with van der Waals surface area (Å²) in [6, 6.07) is 9.27. The fraction of sp³-hybridized carbons (Fsp3) is 0.350. The van der Waals surface area contributed by atoms with Gasteiger partial charge in [0, 0.05) is 12.1 Å². The van der Waals surface area contributed by atoms with Crippen molar-refractivity contribution in [3.05, 3.63) is 57.6 Å². The number of carbonyl (C=O) groups excluding carboxylic acids is 1. The summed E-state index contributed by atoms with van der Waals surface area (Å²) in [5.74, 6) is 0.163. The van der Waals surface area contributed by atoms with Crippen molar-refractivity contribution in [2.75, 3.05) is 37.4 Å². The van der Waals surface area contributed by atoms with Crippen LogP contribution >= 0.6 is 0 Å². The van der Waals surface area contributed by atoms with Gasteiger partial charge in [-0.2, -0.15) is 0 Å². The summed E-state index contributed by atoms with van der Waals surface area (Å²) >= 11 is 0. The number of methoxy groups -OCH3 is 1. The molecule has 2 aromatic carbocycles. The molecule has 0 saturated carbocycles. The molecule has 10 nitrogen and oxygen atoms in total. The summed E-state index contributed by atoms with van der Waals surface area (Å²) in [7, 11) is -2.63. The summed E-state index contributed by atoms with van der Waals surface area (Å²) in [6.45, 7) is 3.66. The average molecular weight is 452 g/mol. The van der Waals surface area contributed by atoms with E-state index in [1.54, 1.807) is 0 Å². The normalized spacial score (nSPS) is 11.0. The van der Waals surface area contributed by atoms with E-state index in [1.165, 1.54) is 19.2 Å². The number of ether oxygens (including phenoxy) is 2. The number of aryl methyl sites for hydroxylation is 2. The molecular formula is C20H25N3O7S. The molecule has 0 aliphatic rings. The smallest absolute Gasteiger partial charge is 0.271 e. The van der Waals surface area contributed by atoms with E-state index in [2.05, 4.69) is 5.32 Å². The quantitative estimate of drug-likeness (QED) is 0.333. The summed E-state index contributed by atoms with van der Waals surface area (Å²) < 4.78 is 36.1. The van der Waals surface area contributed by atoms with E-state index in [0.29, 0.717) is 5.75 Å². The van der Waals surface area contributed by atoms with Gasteiger partial charge in [0.2, 0.25) is 15.9 Å². The van der Waals surface area contributed by atoms with Gasteiger partial charge in [-0.1, -0.05) is 6.07 Å². The maximum atomic E-state index is 12.4. The number of benzene rings is 2. The van der Waals surface area contributed by atoms with Crippen LogP contribution in [-0.2, 0) is 14.8 Å². The molecule has 0 aliphatic carbocycles. The number of hydrogen-bond acceptors (Lipinski definition) is 7. The highest BCUT2D eigenvalue weighted by molar-refractivity contribution is 7.92. The zero-order chi connectivity index (χ0) is 23.2. The van der Waals surface area contributed by atoms with E-state index in [4.69, 9.17) is 9.47 Å². The molecule has 31 heavy (non-hydrogen) atoms. The first-order valence-corrected chi connectivity index (χ1v) is 11.1. The van der Waals surface area contributed by atoms with Crippen LogP contribution < -0.4 is 19.1 Å². The lowest BCUT2D eigenvalue weighted by atomic mass is 10.1. The zero-order valence-electron chi connectivity index (χ0n) is 17.7. The van der Waals surface area contributed by atoms with Gasteiger partial charge < -0.3 is 14.8 Å². The summed E-state index contributed by atoms with van der Waals surface area (Å²) in [5.41, 5.74) is 1.68. The number of nitrogens with zero attached hydrogens (tertiary/aromatic N) is 2. The maximum absolute atomic E-state index is 12.4. The van der Waals surface area contributed by atoms with Gasteiger partial charge in [0.1, 0.15) is 30.3 Å². The lowest BCUT2D eigenvalue weighted by Gasteiger charge is -2.23. The van der Waals surface area contributed by atoms with Crippen molar-refractivity contribution in [3.63, 3.8) is 0 Å². The van der Waals surface area contributed by atoms with Crippen molar-refractivity contribution < 1.29 is 27.6 Å². The first kappa shape index (κ1) is 23.9. The topological polar surface area (TPSA) is 128 Å². The molecule has 2 rings (SSSR count). The number of carbonyl (C=O) groups is 1. The number of amides is 1. The Kier molecular flexibility index (Phi) is 7.81. The molecule has 11 heteroatoms. The Balaban J connectivity index is 2.07. The van der Waals surface area contributed by atoms with Gasteiger partial charge in [-0.05, 0) is 43.2 Å². The molecule has 0 aromatic heterocycles. The lowest BCUT2D eigenvalue weighted by molar-refractivity contribution is -0.384. The van der Waals surface area contributed by atoms with Crippen LogP contribution in [0.15, 0.2) is 36.4 Å². The number of sulfonamides is 1. The Morgan fingerprint density at radius 3 is 2.35 bits per heavy atom. The number of anilines is 1. The molecule has 2 aromatic rings. The van der Waals surface area contributed by atoms with Gasteiger partial charge >= 0.3 is 0 Å². The number of rotatable bonds is 10. The summed E-state index contributed by atoms with van der Waals surface area (Å²) in [4.78, 5) is 22.8. The van der Waals surface area contributed by atoms with Crippen molar-refractivity contribution in [3.8, 4) is 11.5 Å². The van der Waals surface area contributed by atoms with Crippen LogP contribution in [0.1, 0.15) is 11.1 Å². The van der Waals surface area contributed by atoms with Crippen molar-refractivity contribution in [1.29, 1.82) is 0 Å². The molecule has 168 valence electrons. The maximum Gasteiger partial charge on any atom is 0.271 e. The van der Waals surface area contributed by atoms with Gasteiger partial charge in [-0.25, -0.2) is 8.42 Å². The van der Waals surface area contributed by atoms with E-state index in [9.17, 15) is 23.3 Å². The highest BCUT2D eigenvalue weighted by atomic mass is 32.2. The second kappa shape index (κ2) is 10.1. The molecule has 0 bridgehead atoms. The predicted octanol–water partition coefficient (Wildman–Crippen LogP) is 2.18. The number of nitro benzene ring substituents is 1. The van der Waals surface area contributed by atoms with Crippen LogP contribution in [0, 0.1) is 24.0 Å². The van der Waals surface area contributed by atoms with Crippen molar-refractivity contribution in [2.45, 2.75) is 13.8 Å². The van der Waals surface area contributed by atoms with Crippen LogP contribution in [0.25, 0.3) is 0 Å². The lowest BCUT2D eigenvalue weighted by Crippen LogP contribution is -2.41. The molecule has 0 aliphatic heterocycles. The fourth-order valence-corrected chi connectivity index (χ4v) is 3.78. The second-order valence-corrected chi connectivity index (χ2v) is 8.81. The van der Waals surface area contributed by atoms with Crippen molar-refractivity contribution in [2.24, 2.45) is 0 Å². The highest BCUT2D eigenvalue weighted by Crippen LogP contribution is 2.33. The molecule has 0 radical (unpaired) electrons. The Morgan fingerprint density at radius 2 is 1.81 bits per heavy atom. The van der Waals surface area contributed by atoms with Crippen LogP contribution in [0.4, 0.5) is 11.4 Å². The average Bonchev–Trinajstić information content (AvgIpc) is 2.67. The van der Waals surface area contributed by atoms with E-state index < -0.39 is 27.4 Å². The SMILES string of the molecule is COc1ccc([N+](=O)[O-])cc1N(CC(=O)NCCOc1cc(C)cc(C)c1)S(C)(=O)=O. The third-order valence-corrected chi connectivity index (χ3v) is 5.34. The molecule has 0 heterocycles. The number of hydrogen-bond donors (Lipinski definition) is 1. The molecular weight excluding hydrogens is 426 g/mol. The largest absolute Gasteiger partial charge is 0.495 e. The monoisotopic (exact) mass is 451 g/mol. The van der Waals surface area contributed by atoms with Crippen LogP contribution in [0.2, 0.25) is 0 Å². The number of nitrogens with one attached hydrogen (secondary N) is 1. The highest BCUT2D eigenvalue weighted by Gasteiger charge is 2.26. The van der Waals surface area contributed by atoms with E-state index in [0.717, 1.165) is 27.8 Å². The Morgan fingerprint density at radius 1 is 1.16 bits per heavy atom. The molecule has 0 atom stereocenters. The molecule has 1 amide bonds. The van der Waals surface area contributed by atoms with Gasteiger partial charge in [-0.15, -0.1) is 0 Å². The first-order chi connectivity index (χ1) is 14.5. The standard InChI is InChI=1S/C20H25N3O7S/c1-14-9-15(2)11-17(10-14)30-8-7-21-20(24)13-22(31(4,27)28)18-12-16(23(25)26)5-6-19(18)29-3/h5-6,9-12H,7-8,13H2,1-4H3,(H,21,24). The minimum Gasteiger partial charge on any atom is -0.495 e. The third kappa shape index (κ3) is 6.85. The number of non-ortho nitro benzene ring substituents is 1. The number of nitro groups is 1. The first-order valence-electron chi connectivity index (χ1n) is 9.29. The van der Waals surface area contributed by atoms with Crippen molar-refractivity contribution >= 4 is 27.3 Å². The molecule has 0 saturated heterocycles. The summed E-state index contributed by atoms with van der Waals surface area (Å²) in [5, 5.41) is 13.7. The predicted molar refractivity (Wildman–Crippen MR) is 116 cm³/mol. The van der Waals surface area contributed by atoms with Gasteiger partial charge in [0.05, 0.1) is 24.8 Å². The Hall–Kier alpha value is -3.34. The summed E-state index contributed by atoms with van der Waals surface area (Å²) in [6.07, 6.45) is 0.904. The Labute approximate surface area is 181 Å².